The molecule has 1 fully saturated rings. The van der Waals surface area contributed by atoms with Crippen molar-refractivity contribution >= 4 is 35.0 Å². The van der Waals surface area contributed by atoms with Crippen LogP contribution < -0.4 is 21.3 Å². The van der Waals surface area contributed by atoms with Crippen molar-refractivity contribution in [1.29, 1.82) is 0 Å². The standard InChI is InChI=1S/C14H17ClN4O3/c15-9-3-1-2-4-11(9)19-6-5-10(14(19)22)18-13(21)8-17-12(20)7-16/h1-4,10H,5-8,16H2,(H,17,20)(H,18,21). The van der Waals surface area contributed by atoms with Crippen LogP contribution in [-0.4, -0.2) is 43.4 Å². The van der Waals surface area contributed by atoms with E-state index in [1.165, 1.54) is 0 Å². The largest absolute Gasteiger partial charge is 0.346 e. The number of para-hydroxylation sites is 1. The molecular formula is C14H17ClN4O3. The Morgan fingerprint density at radius 3 is 2.73 bits per heavy atom. The first kappa shape index (κ1) is 16.3. The Labute approximate surface area is 132 Å². The maximum absolute atomic E-state index is 12.3. The van der Waals surface area contributed by atoms with Crippen LogP contribution in [0.3, 0.4) is 0 Å². The normalized spacial score (nSPS) is 17.5. The molecule has 1 aliphatic rings. The molecule has 1 aliphatic heterocycles. The Morgan fingerprint density at radius 1 is 1.32 bits per heavy atom. The molecule has 4 N–H and O–H groups in total. The van der Waals surface area contributed by atoms with Crippen LogP contribution in [0.25, 0.3) is 0 Å². The number of hydrogen-bond donors (Lipinski definition) is 3. The van der Waals surface area contributed by atoms with Crippen molar-refractivity contribution in [3.05, 3.63) is 29.3 Å². The summed E-state index contributed by atoms with van der Waals surface area (Å²) in [6.07, 6.45) is 0.487. The SMILES string of the molecule is NCC(=O)NCC(=O)NC1CCN(c2ccccc2Cl)C1=O. The molecule has 0 radical (unpaired) electrons. The van der Waals surface area contributed by atoms with Gasteiger partial charge in [-0.15, -0.1) is 0 Å². The average Bonchev–Trinajstić information content (AvgIpc) is 2.86. The fourth-order valence-corrected chi connectivity index (χ4v) is 2.46. The minimum Gasteiger partial charge on any atom is -0.346 e. The molecule has 0 aliphatic carbocycles. The second-order valence-electron chi connectivity index (χ2n) is 4.83. The number of carbonyl (C=O) groups excluding carboxylic acids is 3. The zero-order valence-electron chi connectivity index (χ0n) is 11.8. The Morgan fingerprint density at radius 2 is 2.05 bits per heavy atom. The quantitative estimate of drug-likeness (QED) is 0.687. The lowest BCUT2D eigenvalue weighted by molar-refractivity contribution is -0.127. The summed E-state index contributed by atoms with van der Waals surface area (Å²) in [4.78, 5) is 36.6. The van der Waals surface area contributed by atoms with E-state index in [0.29, 0.717) is 23.7 Å². The summed E-state index contributed by atoms with van der Waals surface area (Å²) in [6, 6.07) is 6.43. The van der Waals surface area contributed by atoms with Gasteiger partial charge >= 0.3 is 0 Å². The van der Waals surface area contributed by atoms with E-state index in [0.717, 1.165) is 0 Å². The molecule has 3 amide bonds. The molecule has 0 aromatic heterocycles. The van der Waals surface area contributed by atoms with E-state index in [-0.39, 0.29) is 19.0 Å². The highest BCUT2D eigenvalue weighted by Crippen LogP contribution is 2.28. The van der Waals surface area contributed by atoms with Gasteiger partial charge in [-0.2, -0.15) is 0 Å². The van der Waals surface area contributed by atoms with Crippen molar-refractivity contribution in [2.75, 3.05) is 24.5 Å². The predicted molar refractivity (Wildman–Crippen MR) is 82.4 cm³/mol. The molecule has 1 heterocycles. The Bertz CT molecular complexity index is 593. The van der Waals surface area contributed by atoms with E-state index >= 15 is 0 Å². The van der Waals surface area contributed by atoms with Gasteiger partial charge in [0.1, 0.15) is 6.04 Å². The predicted octanol–water partition coefficient (Wildman–Crippen LogP) is -0.364. The summed E-state index contributed by atoms with van der Waals surface area (Å²) >= 11 is 6.08. The summed E-state index contributed by atoms with van der Waals surface area (Å²) in [6.45, 7) is 0.0878. The zero-order chi connectivity index (χ0) is 16.1. The van der Waals surface area contributed by atoms with Gasteiger partial charge in [-0.3, -0.25) is 14.4 Å². The van der Waals surface area contributed by atoms with Crippen LogP contribution in [0, 0.1) is 0 Å². The molecule has 1 aromatic carbocycles. The van der Waals surface area contributed by atoms with Crippen LogP contribution in [-0.2, 0) is 14.4 Å². The van der Waals surface area contributed by atoms with Gasteiger partial charge in [-0.1, -0.05) is 23.7 Å². The third-order valence-electron chi connectivity index (χ3n) is 3.32. The van der Waals surface area contributed by atoms with Crippen molar-refractivity contribution < 1.29 is 14.4 Å². The van der Waals surface area contributed by atoms with Gasteiger partial charge in [0.15, 0.2) is 0 Å². The molecule has 1 aromatic rings. The van der Waals surface area contributed by atoms with Crippen molar-refractivity contribution in [2.45, 2.75) is 12.5 Å². The first-order valence-corrected chi connectivity index (χ1v) is 7.22. The van der Waals surface area contributed by atoms with Crippen LogP contribution in [0.2, 0.25) is 5.02 Å². The number of hydrogen-bond acceptors (Lipinski definition) is 4. The maximum atomic E-state index is 12.3. The average molecular weight is 325 g/mol. The van der Waals surface area contributed by atoms with Gasteiger partial charge in [0.05, 0.1) is 23.8 Å². The molecule has 0 spiro atoms. The Hall–Kier alpha value is -2.12. The van der Waals surface area contributed by atoms with Gasteiger partial charge < -0.3 is 21.3 Å². The van der Waals surface area contributed by atoms with Crippen LogP contribution in [0.1, 0.15) is 6.42 Å². The summed E-state index contributed by atoms with van der Waals surface area (Å²) in [5, 5.41) is 5.43. The Balaban J connectivity index is 1.93. The number of rotatable bonds is 5. The van der Waals surface area contributed by atoms with Crippen LogP contribution in [0.15, 0.2) is 24.3 Å². The molecule has 7 nitrogen and oxygen atoms in total. The number of benzene rings is 1. The van der Waals surface area contributed by atoms with Crippen LogP contribution >= 0.6 is 11.6 Å². The lowest BCUT2D eigenvalue weighted by atomic mass is 10.2. The highest BCUT2D eigenvalue weighted by atomic mass is 35.5. The molecule has 118 valence electrons. The minimum absolute atomic E-state index is 0.185. The van der Waals surface area contributed by atoms with Crippen LogP contribution in [0.5, 0.6) is 0 Å². The first-order valence-electron chi connectivity index (χ1n) is 6.85. The molecule has 0 bridgehead atoms. The first-order chi connectivity index (χ1) is 10.5. The van der Waals surface area contributed by atoms with Crippen LogP contribution in [0.4, 0.5) is 5.69 Å². The number of amides is 3. The minimum atomic E-state index is -0.612. The molecule has 22 heavy (non-hydrogen) atoms. The number of nitrogens with one attached hydrogen (secondary N) is 2. The van der Waals surface area contributed by atoms with Crippen molar-refractivity contribution in [1.82, 2.24) is 10.6 Å². The molecule has 8 heteroatoms. The van der Waals surface area contributed by atoms with E-state index in [4.69, 9.17) is 17.3 Å². The summed E-state index contributed by atoms with van der Waals surface area (Å²) < 4.78 is 0. The molecule has 1 unspecified atom stereocenters. The van der Waals surface area contributed by atoms with Gasteiger partial charge in [0, 0.05) is 6.54 Å². The van der Waals surface area contributed by atoms with Crippen molar-refractivity contribution in [3.63, 3.8) is 0 Å². The van der Waals surface area contributed by atoms with Gasteiger partial charge in [-0.25, -0.2) is 0 Å². The topological polar surface area (TPSA) is 105 Å². The molecule has 1 saturated heterocycles. The van der Waals surface area contributed by atoms with Gasteiger partial charge in [0.25, 0.3) is 0 Å². The second-order valence-corrected chi connectivity index (χ2v) is 5.24. The van der Waals surface area contributed by atoms with Crippen molar-refractivity contribution in [2.24, 2.45) is 5.73 Å². The van der Waals surface area contributed by atoms with E-state index < -0.39 is 17.9 Å². The lowest BCUT2D eigenvalue weighted by Gasteiger charge is -2.18. The van der Waals surface area contributed by atoms with Gasteiger partial charge in [0.2, 0.25) is 17.7 Å². The third kappa shape index (κ3) is 3.75. The molecule has 0 saturated carbocycles. The number of carbonyl (C=O) groups is 3. The van der Waals surface area contributed by atoms with E-state index in [1.807, 2.05) is 0 Å². The molecule has 2 rings (SSSR count). The molecular weight excluding hydrogens is 308 g/mol. The molecule has 1 atom stereocenters. The summed E-state index contributed by atoms with van der Waals surface area (Å²) in [5.41, 5.74) is 5.75. The van der Waals surface area contributed by atoms with E-state index in [1.54, 1.807) is 29.2 Å². The fourth-order valence-electron chi connectivity index (χ4n) is 2.22. The summed E-state index contributed by atoms with van der Waals surface area (Å²) in [5.74, 6) is -1.07. The second kappa shape index (κ2) is 7.24. The van der Waals surface area contributed by atoms with Gasteiger partial charge in [-0.05, 0) is 18.6 Å². The highest BCUT2D eigenvalue weighted by molar-refractivity contribution is 6.34. The third-order valence-corrected chi connectivity index (χ3v) is 3.64. The number of halogens is 1. The number of nitrogens with two attached hydrogens (primary N) is 1. The van der Waals surface area contributed by atoms with E-state index in [9.17, 15) is 14.4 Å². The smallest absolute Gasteiger partial charge is 0.249 e. The number of nitrogens with zero attached hydrogens (tertiary/aromatic N) is 1. The lowest BCUT2D eigenvalue weighted by Crippen LogP contribution is -2.46. The zero-order valence-corrected chi connectivity index (χ0v) is 12.6. The highest BCUT2D eigenvalue weighted by Gasteiger charge is 2.34. The number of anilines is 1. The summed E-state index contributed by atoms with van der Waals surface area (Å²) in [7, 11) is 0. The maximum Gasteiger partial charge on any atom is 0.249 e. The van der Waals surface area contributed by atoms with E-state index in [2.05, 4.69) is 10.6 Å². The monoisotopic (exact) mass is 324 g/mol. The fraction of sp³-hybridized carbons (Fsp3) is 0.357. The Kier molecular flexibility index (Phi) is 5.35. The van der Waals surface area contributed by atoms with Crippen molar-refractivity contribution in [3.8, 4) is 0 Å².